The highest BCUT2D eigenvalue weighted by atomic mass is 16.5. The van der Waals surface area contributed by atoms with Crippen LogP contribution in [0.15, 0.2) is 30.3 Å². The summed E-state index contributed by atoms with van der Waals surface area (Å²) in [5.74, 6) is -1.51. The minimum atomic E-state index is -0.590. The van der Waals surface area contributed by atoms with Crippen molar-refractivity contribution < 1.29 is 28.7 Å². The summed E-state index contributed by atoms with van der Waals surface area (Å²) < 4.78 is 11.8. The monoisotopic (exact) mass is 414 g/mol. The molecule has 8 heteroatoms. The van der Waals surface area contributed by atoms with Gasteiger partial charge in [-0.15, -0.1) is 0 Å². The maximum atomic E-state index is 12.3. The second kappa shape index (κ2) is 10.4. The fourth-order valence-electron chi connectivity index (χ4n) is 2.85. The number of hydrogen-bond donors (Lipinski definition) is 1. The molecule has 1 aromatic heterocycles. The van der Waals surface area contributed by atoms with Gasteiger partial charge in [-0.25, -0.2) is 4.79 Å². The van der Waals surface area contributed by atoms with Gasteiger partial charge in [-0.05, 0) is 51.1 Å². The quantitative estimate of drug-likeness (QED) is 0.500. The van der Waals surface area contributed by atoms with E-state index < -0.39 is 18.5 Å². The first-order valence-corrected chi connectivity index (χ1v) is 9.69. The molecular formula is C22H26N2O6. The van der Waals surface area contributed by atoms with E-state index in [1.165, 1.54) is 0 Å². The van der Waals surface area contributed by atoms with E-state index in [0.29, 0.717) is 34.6 Å². The van der Waals surface area contributed by atoms with Gasteiger partial charge in [-0.3, -0.25) is 14.4 Å². The van der Waals surface area contributed by atoms with Crippen molar-refractivity contribution in [1.82, 2.24) is 4.57 Å². The Balaban J connectivity index is 1.94. The van der Waals surface area contributed by atoms with Gasteiger partial charge >= 0.3 is 11.9 Å². The average molecular weight is 414 g/mol. The Morgan fingerprint density at radius 3 is 2.27 bits per heavy atom. The Hall–Kier alpha value is -3.42. The number of ketones is 1. The number of aryl methyl sites for hydroxylation is 1. The van der Waals surface area contributed by atoms with Gasteiger partial charge in [0.15, 0.2) is 12.4 Å². The smallest absolute Gasteiger partial charge is 0.339 e. The number of nitrogens with zero attached hydrogens (tertiary/aromatic N) is 1. The fraction of sp³-hybridized carbons (Fsp3) is 0.364. The van der Waals surface area contributed by atoms with E-state index in [1.807, 2.05) is 0 Å². The van der Waals surface area contributed by atoms with Crippen molar-refractivity contribution in [2.75, 3.05) is 18.5 Å². The Morgan fingerprint density at radius 2 is 1.67 bits per heavy atom. The first-order valence-electron chi connectivity index (χ1n) is 9.69. The molecule has 0 radical (unpaired) electrons. The van der Waals surface area contributed by atoms with E-state index in [-0.39, 0.29) is 24.8 Å². The van der Waals surface area contributed by atoms with Crippen molar-refractivity contribution >= 4 is 29.3 Å². The van der Waals surface area contributed by atoms with E-state index in [1.54, 1.807) is 62.6 Å². The molecule has 0 aliphatic carbocycles. The van der Waals surface area contributed by atoms with Crippen LogP contribution >= 0.6 is 0 Å². The summed E-state index contributed by atoms with van der Waals surface area (Å²) in [6.07, 6.45) is 0.359. The Labute approximate surface area is 175 Å². The molecule has 160 valence electrons. The number of ether oxygens (including phenoxy) is 2. The zero-order valence-corrected chi connectivity index (χ0v) is 17.6. The molecule has 8 nitrogen and oxygen atoms in total. The van der Waals surface area contributed by atoms with Crippen molar-refractivity contribution in [1.29, 1.82) is 0 Å². The maximum Gasteiger partial charge on any atom is 0.339 e. The summed E-state index contributed by atoms with van der Waals surface area (Å²) in [4.78, 5) is 47.8. The summed E-state index contributed by atoms with van der Waals surface area (Å²) >= 11 is 0. The number of rotatable bonds is 9. The summed E-state index contributed by atoms with van der Waals surface area (Å²) in [7, 11) is 0. The van der Waals surface area contributed by atoms with Crippen LogP contribution in [0, 0.1) is 13.8 Å². The topological polar surface area (TPSA) is 104 Å². The van der Waals surface area contributed by atoms with E-state index in [2.05, 4.69) is 5.32 Å². The number of esters is 2. The fourth-order valence-corrected chi connectivity index (χ4v) is 2.85. The lowest BCUT2D eigenvalue weighted by Crippen LogP contribution is -2.20. The van der Waals surface area contributed by atoms with Gasteiger partial charge in [-0.2, -0.15) is 0 Å². The Kier molecular flexibility index (Phi) is 7.91. The van der Waals surface area contributed by atoms with Gasteiger partial charge in [0.25, 0.3) is 0 Å². The second-order valence-electron chi connectivity index (χ2n) is 6.65. The lowest BCUT2D eigenvalue weighted by atomic mass is 10.1. The van der Waals surface area contributed by atoms with E-state index >= 15 is 0 Å². The number of anilines is 1. The average Bonchev–Trinajstić information content (AvgIpc) is 3.01. The van der Waals surface area contributed by atoms with Crippen LogP contribution < -0.4 is 5.32 Å². The van der Waals surface area contributed by atoms with Gasteiger partial charge in [0.1, 0.15) is 6.54 Å². The van der Waals surface area contributed by atoms with Crippen molar-refractivity contribution in [3.05, 3.63) is 52.8 Å². The highest BCUT2D eigenvalue weighted by Crippen LogP contribution is 2.16. The third-order valence-electron chi connectivity index (χ3n) is 4.53. The van der Waals surface area contributed by atoms with Crippen LogP contribution in [0.4, 0.5) is 5.69 Å². The largest absolute Gasteiger partial charge is 0.462 e. The molecule has 30 heavy (non-hydrogen) atoms. The summed E-state index contributed by atoms with van der Waals surface area (Å²) in [6.45, 7) is 6.70. The lowest BCUT2D eigenvalue weighted by molar-refractivity contribution is -0.143. The van der Waals surface area contributed by atoms with Crippen LogP contribution in [0.3, 0.4) is 0 Å². The molecule has 0 spiro atoms. The summed E-state index contributed by atoms with van der Waals surface area (Å²) in [5.41, 5.74) is 2.66. The number of amides is 1. The van der Waals surface area contributed by atoms with E-state index in [0.717, 1.165) is 0 Å². The lowest BCUT2D eigenvalue weighted by Gasteiger charge is -2.10. The number of carbonyl (C=O) groups excluding carboxylic acids is 4. The molecule has 2 rings (SSSR count). The number of carbonyl (C=O) groups is 4. The third-order valence-corrected chi connectivity index (χ3v) is 4.53. The van der Waals surface area contributed by atoms with Gasteiger partial charge in [0.2, 0.25) is 5.91 Å². The molecule has 0 fully saturated rings. The second-order valence-corrected chi connectivity index (χ2v) is 6.65. The summed E-state index contributed by atoms with van der Waals surface area (Å²) in [5, 5.41) is 2.69. The molecule has 0 aliphatic rings. The van der Waals surface area contributed by atoms with Crippen LogP contribution in [0.1, 0.15) is 52.4 Å². The highest BCUT2D eigenvalue weighted by molar-refractivity contribution is 5.99. The number of nitrogens with one attached hydrogen (secondary N) is 1. The predicted octanol–water partition coefficient (Wildman–Crippen LogP) is 3.06. The molecule has 0 saturated carbocycles. The molecule has 1 heterocycles. The van der Waals surface area contributed by atoms with Crippen LogP contribution in [-0.2, 0) is 25.6 Å². The maximum absolute atomic E-state index is 12.3. The highest BCUT2D eigenvalue weighted by Gasteiger charge is 2.19. The van der Waals surface area contributed by atoms with E-state index in [4.69, 9.17) is 9.47 Å². The molecule has 1 amide bonds. The van der Waals surface area contributed by atoms with Crippen molar-refractivity contribution in [3.63, 3.8) is 0 Å². The molecule has 0 unspecified atom stereocenters. The van der Waals surface area contributed by atoms with Crippen LogP contribution in [0.5, 0.6) is 0 Å². The van der Waals surface area contributed by atoms with E-state index in [9.17, 15) is 19.2 Å². The van der Waals surface area contributed by atoms with Crippen molar-refractivity contribution in [2.45, 2.75) is 40.7 Å². The van der Waals surface area contributed by atoms with Gasteiger partial charge < -0.3 is 19.4 Å². The Morgan fingerprint density at radius 1 is 1.00 bits per heavy atom. The normalized spacial score (nSPS) is 10.4. The predicted molar refractivity (Wildman–Crippen MR) is 111 cm³/mol. The molecule has 0 atom stereocenters. The minimum absolute atomic E-state index is 0.119. The molecule has 0 saturated heterocycles. The molecule has 1 aromatic carbocycles. The van der Waals surface area contributed by atoms with Crippen LogP contribution in [0.2, 0.25) is 0 Å². The van der Waals surface area contributed by atoms with Crippen LogP contribution in [-0.4, -0.2) is 41.4 Å². The van der Waals surface area contributed by atoms with Crippen LogP contribution in [0.25, 0.3) is 0 Å². The number of benzene rings is 1. The minimum Gasteiger partial charge on any atom is -0.462 e. The van der Waals surface area contributed by atoms with Gasteiger partial charge in [-0.1, -0.05) is 6.92 Å². The number of Topliss-reactive ketones (excluding diaryl/α,β-unsaturated/α-hetero) is 1. The molecule has 1 N–H and O–H groups in total. The molecule has 0 bridgehead atoms. The third kappa shape index (κ3) is 5.79. The first-order chi connectivity index (χ1) is 14.3. The molecule has 2 aromatic rings. The van der Waals surface area contributed by atoms with Gasteiger partial charge in [0.05, 0.1) is 12.2 Å². The van der Waals surface area contributed by atoms with Crippen molar-refractivity contribution in [2.24, 2.45) is 0 Å². The molecule has 0 aliphatic heterocycles. The standard InChI is InChI=1S/C22H26N2O6/c1-5-20(26)23-17-9-7-16(8-10-17)19(25)13-30-21(27)12-24-14(3)11-18(15(24)4)22(28)29-6-2/h7-11H,5-6,12-13H2,1-4H3,(H,23,26). The molecular weight excluding hydrogens is 388 g/mol. The summed E-state index contributed by atoms with van der Waals surface area (Å²) in [6, 6.07) is 8.02. The Bertz CT molecular complexity index is 943. The van der Waals surface area contributed by atoms with Gasteiger partial charge in [0, 0.05) is 29.1 Å². The SMILES string of the molecule is CCOC(=O)c1cc(C)n(CC(=O)OCC(=O)c2ccc(NC(=O)CC)cc2)c1C. The van der Waals surface area contributed by atoms with Crippen molar-refractivity contribution in [3.8, 4) is 0 Å². The zero-order valence-electron chi connectivity index (χ0n) is 17.6. The number of hydrogen-bond acceptors (Lipinski definition) is 6. The number of aromatic nitrogens is 1. The first kappa shape index (κ1) is 22.9. The zero-order chi connectivity index (χ0) is 22.3.